The molecule has 1 atom stereocenters. The SMILES string of the molecule is Ic1cc2sc3ccccc3c2cc1C1C=CC=CN1. The Hall–Kier alpha value is -1.33. The molecule has 0 bridgehead atoms. The molecule has 1 N–H and O–H groups in total. The first kappa shape index (κ1) is 12.4. The van der Waals surface area contributed by atoms with E-state index in [0.717, 1.165) is 0 Å². The van der Waals surface area contributed by atoms with Crippen LogP contribution in [0.15, 0.2) is 60.8 Å². The molecule has 1 nitrogen and oxygen atoms in total. The van der Waals surface area contributed by atoms with Gasteiger partial charge >= 0.3 is 0 Å². The number of halogens is 1. The average Bonchev–Trinajstić information content (AvgIpc) is 2.84. The zero-order chi connectivity index (χ0) is 13.5. The third kappa shape index (κ3) is 1.96. The monoisotopic (exact) mass is 389 g/mol. The lowest BCUT2D eigenvalue weighted by Crippen LogP contribution is -2.15. The van der Waals surface area contributed by atoms with Crippen molar-refractivity contribution in [2.75, 3.05) is 0 Å². The third-order valence-electron chi connectivity index (χ3n) is 3.62. The predicted octanol–water partition coefficient (Wildman–Crippen LogP) is 5.37. The van der Waals surface area contributed by atoms with Gasteiger partial charge in [-0.2, -0.15) is 0 Å². The summed E-state index contributed by atoms with van der Waals surface area (Å²) in [6.45, 7) is 0. The van der Waals surface area contributed by atoms with E-state index < -0.39 is 0 Å². The maximum Gasteiger partial charge on any atom is 0.0706 e. The first-order valence-electron chi connectivity index (χ1n) is 6.53. The quantitative estimate of drug-likeness (QED) is 0.552. The molecule has 0 spiro atoms. The normalized spacial score (nSPS) is 17.8. The fraction of sp³-hybridized carbons (Fsp3) is 0.0588. The summed E-state index contributed by atoms with van der Waals surface area (Å²) in [7, 11) is 0. The van der Waals surface area contributed by atoms with Crippen LogP contribution in [-0.2, 0) is 0 Å². The van der Waals surface area contributed by atoms with E-state index in [-0.39, 0.29) is 6.04 Å². The van der Waals surface area contributed by atoms with Gasteiger partial charge in [0.05, 0.1) is 6.04 Å². The largest absolute Gasteiger partial charge is 0.381 e. The second-order valence-corrected chi connectivity index (χ2v) is 7.10. The van der Waals surface area contributed by atoms with Crippen LogP contribution in [0.1, 0.15) is 11.6 Å². The molecule has 1 aliphatic heterocycles. The van der Waals surface area contributed by atoms with Crippen LogP contribution in [0.2, 0.25) is 0 Å². The minimum absolute atomic E-state index is 0.273. The Kier molecular flexibility index (Phi) is 3.04. The van der Waals surface area contributed by atoms with Crippen LogP contribution in [0.25, 0.3) is 20.2 Å². The molecule has 0 saturated heterocycles. The predicted molar refractivity (Wildman–Crippen MR) is 96.2 cm³/mol. The number of hydrogen-bond donors (Lipinski definition) is 1. The minimum atomic E-state index is 0.273. The average molecular weight is 389 g/mol. The van der Waals surface area contributed by atoms with Crippen molar-refractivity contribution in [1.82, 2.24) is 5.32 Å². The van der Waals surface area contributed by atoms with Crippen molar-refractivity contribution in [3.8, 4) is 0 Å². The Morgan fingerprint density at radius 1 is 1.00 bits per heavy atom. The van der Waals surface area contributed by atoms with E-state index >= 15 is 0 Å². The fourth-order valence-electron chi connectivity index (χ4n) is 2.64. The molecule has 20 heavy (non-hydrogen) atoms. The lowest BCUT2D eigenvalue weighted by molar-refractivity contribution is 0.744. The van der Waals surface area contributed by atoms with Crippen molar-refractivity contribution < 1.29 is 0 Å². The number of rotatable bonds is 1. The van der Waals surface area contributed by atoms with Gasteiger partial charge in [0, 0.05) is 23.7 Å². The molecule has 4 rings (SSSR count). The summed E-state index contributed by atoms with van der Waals surface area (Å²) in [4.78, 5) is 0. The number of nitrogens with one attached hydrogen (secondary N) is 1. The van der Waals surface area contributed by atoms with Gasteiger partial charge in [-0.05, 0) is 58.6 Å². The molecule has 1 unspecified atom stereocenters. The molecular weight excluding hydrogens is 377 g/mol. The van der Waals surface area contributed by atoms with Crippen LogP contribution in [0.4, 0.5) is 0 Å². The van der Waals surface area contributed by atoms with Crippen molar-refractivity contribution in [1.29, 1.82) is 0 Å². The number of thiophene rings is 1. The Morgan fingerprint density at radius 3 is 2.75 bits per heavy atom. The highest BCUT2D eigenvalue weighted by atomic mass is 127. The van der Waals surface area contributed by atoms with Gasteiger partial charge in [-0.25, -0.2) is 0 Å². The number of fused-ring (bicyclic) bond motifs is 3. The standard InChI is InChI=1S/C17H12INS/c18-14-10-17-12(11-5-1-2-7-16(11)20-17)9-13(14)15-6-3-4-8-19-15/h1-10,15,19H. The van der Waals surface area contributed by atoms with Crippen molar-refractivity contribution >= 4 is 54.1 Å². The fourth-order valence-corrected chi connectivity index (χ4v) is 4.78. The highest BCUT2D eigenvalue weighted by molar-refractivity contribution is 14.1. The van der Waals surface area contributed by atoms with Gasteiger partial charge in [0.2, 0.25) is 0 Å². The van der Waals surface area contributed by atoms with Crippen LogP contribution in [-0.4, -0.2) is 0 Å². The molecule has 98 valence electrons. The van der Waals surface area contributed by atoms with Crippen molar-refractivity contribution in [3.63, 3.8) is 0 Å². The summed E-state index contributed by atoms with van der Waals surface area (Å²) in [6, 6.07) is 13.6. The second-order valence-electron chi connectivity index (χ2n) is 4.86. The summed E-state index contributed by atoms with van der Waals surface area (Å²) in [6.07, 6.45) is 8.35. The van der Waals surface area contributed by atoms with Gasteiger partial charge in [0.25, 0.3) is 0 Å². The van der Waals surface area contributed by atoms with Gasteiger partial charge in [-0.15, -0.1) is 11.3 Å². The minimum Gasteiger partial charge on any atom is -0.381 e. The molecule has 2 heterocycles. The molecule has 0 aliphatic carbocycles. The zero-order valence-corrected chi connectivity index (χ0v) is 13.6. The van der Waals surface area contributed by atoms with Crippen molar-refractivity contribution in [2.24, 2.45) is 0 Å². The number of allylic oxidation sites excluding steroid dienone is 2. The lowest BCUT2D eigenvalue weighted by atomic mass is 10.0. The molecule has 0 fully saturated rings. The van der Waals surface area contributed by atoms with E-state index in [0.29, 0.717) is 0 Å². The molecule has 1 aromatic heterocycles. The van der Waals surface area contributed by atoms with E-state index in [4.69, 9.17) is 0 Å². The van der Waals surface area contributed by atoms with Gasteiger partial charge in [-0.1, -0.05) is 30.4 Å². The Balaban J connectivity index is 1.97. The van der Waals surface area contributed by atoms with Gasteiger partial charge in [0.15, 0.2) is 0 Å². The molecule has 2 aromatic carbocycles. The van der Waals surface area contributed by atoms with Crippen molar-refractivity contribution in [2.45, 2.75) is 6.04 Å². The summed E-state index contributed by atoms with van der Waals surface area (Å²) in [5.74, 6) is 0. The zero-order valence-electron chi connectivity index (χ0n) is 10.6. The van der Waals surface area contributed by atoms with E-state index in [1.807, 2.05) is 23.6 Å². The maximum atomic E-state index is 3.41. The molecule has 0 amide bonds. The Morgan fingerprint density at radius 2 is 1.90 bits per heavy atom. The number of hydrogen-bond acceptors (Lipinski definition) is 2. The van der Waals surface area contributed by atoms with Gasteiger partial charge < -0.3 is 5.32 Å². The number of dihydropyridines is 1. The lowest BCUT2D eigenvalue weighted by Gasteiger charge is -2.18. The Bertz CT molecular complexity index is 860. The molecule has 0 saturated carbocycles. The van der Waals surface area contributed by atoms with Gasteiger partial charge in [-0.3, -0.25) is 0 Å². The maximum absolute atomic E-state index is 3.41. The molecule has 3 heteroatoms. The summed E-state index contributed by atoms with van der Waals surface area (Å²) in [5.41, 5.74) is 1.35. The second kappa shape index (κ2) is 4.90. The smallest absolute Gasteiger partial charge is 0.0706 e. The Labute approximate surface area is 135 Å². The van der Waals surface area contributed by atoms with E-state index in [2.05, 4.69) is 76.5 Å². The first-order valence-corrected chi connectivity index (χ1v) is 8.42. The van der Waals surface area contributed by atoms with Crippen LogP contribution in [0.5, 0.6) is 0 Å². The molecule has 1 aliphatic rings. The molecular formula is C17H12INS. The molecule has 0 radical (unpaired) electrons. The molecule has 3 aromatic rings. The van der Waals surface area contributed by atoms with Crippen LogP contribution < -0.4 is 5.32 Å². The summed E-state index contributed by atoms with van der Waals surface area (Å²) >= 11 is 4.32. The van der Waals surface area contributed by atoms with E-state index in [9.17, 15) is 0 Å². The summed E-state index contributed by atoms with van der Waals surface area (Å²) < 4.78 is 4.05. The van der Waals surface area contributed by atoms with Crippen molar-refractivity contribution in [3.05, 3.63) is 70.0 Å². The topological polar surface area (TPSA) is 12.0 Å². The van der Waals surface area contributed by atoms with Crippen LogP contribution >= 0.6 is 33.9 Å². The van der Waals surface area contributed by atoms with Crippen LogP contribution in [0, 0.1) is 3.57 Å². The van der Waals surface area contributed by atoms with E-state index in [1.165, 1.54) is 29.3 Å². The number of benzene rings is 2. The summed E-state index contributed by atoms with van der Waals surface area (Å²) in [5, 5.41) is 6.14. The highest BCUT2D eigenvalue weighted by Gasteiger charge is 2.14. The van der Waals surface area contributed by atoms with Gasteiger partial charge in [0.1, 0.15) is 0 Å². The van der Waals surface area contributed by atoms with Crippen LogP contribution in [0.3, 0.4) is 0 Å². The van der Waals surface area contributed by atoms with E-state index in [1.54, 1.807) is 0 Å². The first-order chi connectivity index (χ1) is 9.83. The third-order valence-corrected chi connectivity index (χ3v) is 5.69. The highest BCUT2D eigenvalue weighted by Crippen LogP contribution is 2.37.